The van der Waals surface area contributed by atoms with E-state index >= 15 is 0 Å². The summed E-state index contributed by atoms with van der Waals surface area (Å²) in [5, 5.41) is 29.9. The largest absolute Gasteiger partial charge is 0.484 e. The number of phosphoric ester groups is 1. The van der Waals surface area contributed by atoms with Gasteiger partial charge < -0.3 is 29.5 Å². The Kier molecular flexibility index (Phi) is 13.3. The molecule has 0 aliphatic heterocycles. The topological polar surface area (TPSA) is 184 Å². The zero-order chi connectivity index (χ0) is 27.7. The van der Waals surface area contributed by atoms with Gasteiger partial charge in [-0.1, -0.05) is 19.7 Å². The first-order valence-electron chi connectivity index (χ1n) is 10.2. The fraction of sp³-hybridized carbons (Fsp3) is 0.571. The molecular formula is C21H33O13P. The van der Waals surface area contributed by atoms with Crippen LogP contribution in [0.3, 0.4) is 0 Å². The number of aliphatic hydroxyl groups is 3. The third-order valence-corrected chi connectivity index (χ3v) is 4.99. The quantitative estimate of drug-likeness (QED) is 0.0924. The molecule has 0 heterocycles. The smallest absolute Gasteiger partial charge is 0.429 e. The number of aliphatic hydroxyl groups excluding tert-OH is 3. The third kappa shape index (κ3) is 11.7. The molecule has 0 aliphatic rings. The maximum absolute atomic E-state index is 13.6. The molecule has 0 bridgehead atoms. The molecule has 6 atom stereocenters. The van der Waals surface area contributed by atoms with Crippen molar-refractivity contribution in [2.45, 2.75) is 78.7 Å². The molecule has 6 unspecified atom stereocenters. The molecule has 0 saturated heterocycles. The molecule has 0 aromatic carbocycles. The molecule has 0 aromatic heterocycles. The molecule has 0 aromatic rings. The maximum atomic E-state index is 13.6. The predicted molar refractivity (Wildman–Crippen MR) is 120 cm³/mol. The van der Waals surface area contributed by atoms with Gasteiger partial charge in [-0.2, -0.15) is 0 Å². The Balaban J connectivity index is 6.29. The van der Waals surface area contributed by atoms with Crippen molar-refractivity contribution in [1.29, 1.82) is 0 Å². The molecule has 0 fully saturated rings. The zero-order valence-electron chi connectivity index (χ0n) is 20.5. The van der Waals surface area contributed by atoms with Crippen molar-refractivity contribution in [1.82, 2.24) is 0 Å². The second-order valence-corrected chi connectivity index (χ2v) is 9.17. The monoisotopic (exact) mass is 524 g/mol. The number of rotatable bonds is 15. The summed E-state index contributed by atoms with van der Waals surface area (Å²) in [5.41, 5.74) is -0.318. The van der Waals surface area contributed by atoms with E-state index < -0.39 is 62.9 Å². The van der Waals surface area contributed by atoms with Gasteiger partial charge in [0.1, 0.15) is 18.3 Å². The van der Waals surface area contributed by atoms with Crippen molar-refractivity contribution in [3.8, 4) is 0 Å². The number of carbonyl (C=O) groups excluding carboxylic acids is 3. The molecule has 13 nitrogen and oxygen atoms in total. The first-order valence-corrected chi connectivity index (χ1v) is 11.6. The number of hydrogen-bond donors (Lipinski definition) is 3. The molecule has 0 spiro atoms. The molecule has 200 valence electrons. The van der Waals surface area contributed by atoms with E-state index in [2.05, 4.69) is 19.7 Å². The van der Waals surface area contributed by atoms with Gasteiger partial charge in [-0.05, 0) is 41.5 Å². The summed E-state index contributed by atoms with van der Waals surface area (Å²) >= 11 is 0. The highest BCUT2D eigenvalue weighted by molar-refractivity contribution is 7.48. The lowest BCUT2D eigenvalue weighted by Gasteiger charge is -2.31. The van der Waals surface area contributed by atoms with E-state index in [4.69, 9.17) is 27.8 Å². The fourth-order valence-electron chi connectivity index (χ4n) is 1.70. The van der Waals surface area contributed by atoms with Gasteiger partial charge in [-0.15, -0.1) is 0 Å². The number of ether oxygens (including phenoxy) is 3. The van der Waals surface area contributed by atoms with Gasteiger partial charge in [0.05, 0.1) is 0 Å². The van der Waals surface area contributed by atoms with Crippen molar-refractivity contribution in [3.05, 3.63) is 36.5 Å². The predicted octanol–water partition coefficient (Wildman–Crippen LogP) is 1.62. The van der Waals surface area contributed by atoms with Gasteiger partial charge in [-0.25, -0.2) is 32.5 Å². The van der Waals surface area contributed by atoms with Crippen LogP contribution in [-0.4, -0.2) is 70.4 Å². The Morgan fingerprint density at radius 2 is 0.800 bits per heavy atom. The Bertz CT molecular complexity index is 752. The molecule has 0 radical (unpaired) electrons. The van der Waals surface area contributed by atoms with Crippen LogP contribution in [0.25, 0.3) is 0 Å². The van der Waals surface area contributed by atoms with Gasteiger partial charge in [0, 0.05) is 16.7 Å². The van der Waals surface area contributed by atoms with Crippen LogP contribution >= 0.6 is 7.82 Å². The standard InChI is InChI=1S/C21H33O13P/c1-10(2)16(25)29-19(13(7)22)32-35(28,33-20(14(8)23)30-17(26)11(3)4)34-21(15(9)24)31-18(27)12(5)6/h13-15,19-24H,1,3,5H2,2,4,6-9H3. The Morgan fingerprint density at radius 1 is 0.600 bits per heavy atom. The highest BCUT2D eigenvalue weighted by Crippen LogP contribution is 2.54. The molecule has 0 rings (SSSR count). The average Bonchev–Trinajstić information content (AvgIpc) is 2.71. The fourth-order valence-corrected chi connectivity index (χ4v) is 3.27. The number of hydrogen-bond acceptors (Lipinski definition) is 13. The second-order valence-electron chi connectivity index (χ2n) is 7.65. The van der Waals surface area contributed by atoms with Gasteiger partial charge in [0.25, 0.3) is 0 Å². The molecular weight excluding hydrogens is 491 g/mol. The van der Waals surface area contributed by atoms with Crippen LogP contribution in [0, 0.1) is 0 Å². The minimum atomic E-state index is -5.21. The Hall–Kier alpha value is -2.38. The summed E-state index contributed by atoms with van der Waals surface area (Å²) in [6, 6.07) is 0. The second kappa shape index (κ2) is 14.2. The van der Waals surface area contributed by atoms with E-state index in [0.717, 1.165) is 20.8 Å². The first kappa shape index (κ1) is 32.6. The van der Waals surface area contributed by atoms with E-state index in [0.29, 0.717) is 0 Å². The summed E-state index contributed by atoms with van der Waals surface area (Å²) in [6.45, 7) is 17.2. The highest BCUT2D eigenvalue weighted by Gasteiger charge is 2.44. The molecule has 35 heavy (non-hydrogen) atoms. The van der Waals surface area contributed by atoms with Crippen LogP contribution in [0.1, 0.15) is 41.5 Å². The van der Waals surface area contributed by atoms with E-state index in [1.54, 1.807) is 0 Å². The van der Waals surface area contributed by atoms with Crippen LogP contribution in [-0.2, 0) is 46.7 Å². The van der Waals surface area contributed by atoms with E-state index in [1.165, 1.54) is 20.8 Å². The van der Waals surface area contributed by atoms with Crippen LogP contribution in [0.5, 0.6) is 0 Å². The summed E-state index contributed by atoms with van der Waals surface area (Å²) in [7, 11) is -5.21. The number of esters is 3. The van der Waals surface area contributed by atoms with Crippen LogP contribution in [0.15, 0.2) is 36.5 Å². The molecule has 3 N–H and O–H groups in total. The lowest BCUT2D eigenvalue weighted by molar-refractivity contribution is -0.206. The SMILES string of the molecule is C=C(C)C(=O)OC(OP(=O)(OC(OC(=O)C(=C)C)C(C)O)OC(OC(=O)C(=C)C)C(C)O)C(C)O. The molecule has 0 aliphatic carbocycles. The van der Waals surface area contributed by atoms with Gasteiger partial charge in [-0.3, -0.25) is 0 Å². The average molecular weight is 524 g/mol. The van der Waals surface area contributed by atoms with E-state index in [1.807, 2.05) is 0 Å². The Morgan fingerprint density at radius 3 is 0.943 bits per heavy atom. The highest BCUT2D eigenvalue weighted by atomic mass is 31.2. The third-order valence-electron chi connectivity index (χ3n) is 3.60. The summed E-state index contributed by atoms with van der Waals surface area (Å²) < 4.78 is 43.5. The zero-order valence-corrected chi connectivity index (χ0v) is 21.4. The normalized spacial score (nSPS) is 18.0. The van der Waals surface area contributed by atoms with Crippen molar-refractivity contribution in [2.75, 3.05) is 0 Å². The lowest BCUT2D eigenvalue weighted by Crippen LogP contribution is -2.37. The number of phosphoric acid groups is 1. The molecule has 0 amide bonds. The van der Waals surface area contributed by atoms with Crippen LogP contribution < -0.4 is 0 Å². The van der Waals surface area contributed by atoms with Crippen LogP contribution in [0.2, 0.25) is 0 Å². The Labute approximate surface area is 203 Å². The van der Waals surface area contributed by atoms with E-state index in [9.17, 15) is 34.3 Å². The minimum absolute atomic E-state index is 0.106. The van der Waals surface area contributed by atoms with Gasteiger partial charge >= 0.3 is 25.7 Å². The molecule has 0 saturated carbocycles. The summed E-state index contributed by atoms with van der Waals surface area (Å²) in [5.74, 6) is -3.16. The summed E-state index contributed by atoms with van der Waals surface area (Å²) in [4.78, 5) is 35.8. The van der Waals surface area contributed by atoms with E-state index in [-0.39, 0.29) is 16.7 Å². The van der Waals surface area contributed by atoms with Gasteiger partial charge in [0.15, 0.2) is 0 Å². The number of carbonyl (C=O) groups is 3. The lowest BCUT2D eigenvalue weighted by atomic mass is 10.3. The maximum Gasteiger partial charge on any atom is 0.484 e. The first-order chi connectivity index (χ1) is 15.9. The van der Waals surface area contributed by atoms with Crippen molar-refractivity contribution in [3.63, 3.8) is 0 Å². The molecule has 14 heteroatoms. The van der Waals surface area contributed by atoms with Crippen molar-refractivity contribution in [2.24, 2.45) is 0 Å². The van der Waals surface area contributed by atoms with Gasteiger partial charge in [0.2, 0.25) is 18.9 Å². The van der Waals surface area contributed by atoms with Crippen molar-refractivity contribution < 1.29 is 62.1 Å². The van der Waals surface area contributed by atoms with Crippen molar-refractivity contribution >= 4 is 25.7 Å². The minimum Gasteiger partial charge on any atom is -0.429 e. The van der Waals surface area contributed by atoms with Crippen LogP contribution in [0.4, 0.5) is 0 Å². The summed E-state index contributed by atoms with van der Waals surface area (Å²) in [6.07, 6.45) is -10.9.